The van der Waals surface area contributed by atoms with Crippen LogP contribution in [0.3, 0.4) is 0 Å². The number of piperazine rings is 1. The molecule has 184 valence electrons. The van der Waals surface area contributed by atoms with E-state index in [1.165, 1.54) is 4.68 Å². The highest BCUT2D eigenvalue weighted by atomic mass is 16.5. The first-order valence-electron chi connectivity index (χ1n) is 11.9. The minimum Gasteiger partial charge on any atom is -0.497 e. The molecule has 5 rings (SSSR count). The minimum absolute atomic E-state index is 0.0757. The number of pyridine rings is 1. The molecule has 2 aromatic rings. The zero-order chi connectivity index (χ0) is 25.2. The standard InChI is InChI=1S/C27H27N5O4/c1-3-29-17-22(24-23(18-29)27(35)32(28-24)20-7-5-4-6-8-20)26(34)31-15-13-30(14-16-31)25(33)19-9-11-21(36-2)12-10-19/h4-12,17-18H,3,13-16H2,1-2H3. The number of ether oxygens (including phenoxy) is 1. The lowest BCUT2D eigenvalue weighted by Gasteiger charge is -2.35. The summed E-state index contributed by atoms with van der Waals surface area (Å²) in [5, 5.41) is 4.54. The lowest BCUT2D eigenvalue weighted by Crippen LogP contribution is -2.50. The molecule has 9 nitrogen and oxygen atoms in total. The molecule has 0 radical (unpaired) electrons. The molecular weight excluding hydrogens is 458 g/mol. The van der Waals surface area contributed by atoms with E-state index in [9.17, 15) is 14.4 Å². The van der Waals surface area contributed by atoms with Gasteiger partial charge in [-0.15, -0.1) is 0 Å². The summed E-state index contributed by atoms with van der Waals surface area (Å²) < 4.78 is 8.33. The van der Waals surface area contributed by atoms with Crippen molar-refractivity contribution < 1.29 is 14.3 Å². The van der Waals surface area contributed by atoms with E-state index in [2.05, 4.69) is 5.10 Å². The van der Waals surface area contributed by atoms with Gasteiger partial charge < -0.3 is 19.1 Å². The summed E-state index contributed by atoms with van der Waals surface area (Å²) in [5.41, 5.74) is 2.14. The van der Waals surface area contributed by atoms with Crippen molar-refractivity contribution >= 4 is 11.8 Å². The highest BCUT2D eigenvalue weighted by Crippen LogP contribution is 2.24. The summed E-state index contributed by atoms with van der Waals surface area (Å²) in [6.45, 7) is 4.20. The van der Waals surface area contributed by atoms with Crippen LogP contribution >= 0.6 is 0 Å². The van der Waals surface area contributed by atoms with Gasteiger partial charge in [0.05, 0.1) is 23.9 Å². The van der Waals surface area contributed by atoms with Crippen molar-refractivity contribution in [2.45, 2.75) is 13.5 Å². The first-order valence-corrected chi connectivity index (χ1v) is 11.9. The summed E-state index contributed by atoms with van der Waals surface area (Å²) in [6, 6.07) is 16.2. The molecule has 0 saturated carbocycles. The van der Waals surface area contributed by atoms with E-state index in [0.717, 1.165) is 0 Å². The molecule has 0 aliphatic carbocycles. The Morgan fingerprint density at radius 2 is 1.53 bits per heavy atom. The van der Waals surface area contributed by atoms with E-state index < -0.39 is 0 Å². The number of methoxy groups -OCH3 is 1. The summed E-state index contributed by atoms with van der Waals surface area (Å²) in [5.74, 6) is 0.418. The van der Waals surface area contributed by atoms with Crippen LogP contribution in [-0.2, 0) is 6.54 Å². The number of carbonyl (C=O) groups is 2. The van der Waals surface area contributed by atoms with Gasteiger partial charge >= 0.3 is 0 Å². The molecule has 0 bridgehead atoms. The van der Waals surface area contributed by atoms with E-state index in [0.29, 0.717) is 66.5 Å². The first-order chi connectivity index (χ1) is 17.5. The van der Waals surface area contributed by atoms with E-state index >= 15 is 0 Å². The SMILES string of the molecule is CCn1cc(C(=O)N2CCN(C(=O)c3ccc(OC)cc3)CC2)c2nn(-c3ccccc3)c(=O)c-2c1. The number of aromatic nitrogens is 3. The minimum atomic E-state index is -0.261. The normalized spacial score (nSPS) is 13.7. The maximum absolute atomic E-state index is 13.6. The highest BCUT2D eigenvalue weighted by molar-refractivity contribution is 6.00. The summed E-state index contributed by atoms with van der Waals surface area (Å²) in [4.78, 5) is 43.1. The predicted octanol–water partition coefficient (Wildman–Crippen LogP) is 2.77. The van der Waals surface area contributed by atoms with E-state index in [1.807, 2.05) is 41.8 Å². The average molecular weight is 486 g/mol. The third-order valence-electron chi connectivity index (χ3n) is 6.51. The number of aryl methyl sites for hydroxylation is 1. The molecule has 3 heterocycles. The van der Waals surface area contributed by atoms with E-state index in [4.69, 9.17) is 4.74 Å². The second-order valence-electron chi connectivity index (χ2n) is 8.63. The van der Waals surface area contributed by atoms with Gasteiger partial charge in [0.25, 0.3) is 17.4 Å². The zero-order valence-electron chi connectivity index (χ0n) is 20.3. The number of amides is 2. The quantitative estimate of drug-likeness (QED) is 0.434. The van der Waals surface area contributed by atoms with Crippen molar-refractivity contribution in [2.24, 2.45) is 0 Å². The van der Waals surface area contributed by atoms with E-state index in [-0.39, 0.29) is 17.4 Å². The first kappa shape index (κ1) is 23.3. The fraction of sp³-hybridized carbons (Fsp3) is 0.259. The summed E-state index contributed by atoms with van der Waals surface area (Å²) >= 11 is 0. The van der Waals surface area contributed by atoms with Crippen molar-refractivity contribution in [1.29, 1.82) is 0 Å². The molecule has 0 unspecified atom stereocenters. The Labute approximate surface area is 208 Å². The van der Waals surface area contributed by atoms with Crippen molar-refractivity contribution in [2.75, 3.05) is 33.3 Å². The molecule has 2 amide bonds. The van der Waals surface area contributed by atoms with Gasteiger partial charge in [-0.25, -0.2) is 0 Å². The highest BCUT2D eigenvalue weighted by Gasteiger charge is 2.30. The summed E-state index contributed by atoms with van der Waals surface area (Å²) in [7, 11) is 1.58. The van der Waals surface area contributed by atoms with Gasteiger partial charge in [0.15, 0.2) is 0 Å². The molecule has 0 atom stereocenters. The molecular formula is C27H27N5O4. The van der Waals surface area contributed by atoms with Gasteiger partial charge in [0.1, 0.15) is 11.4 Å². The number of hydrogen-bond donors (Lipinski definition) is 0. The van der Waals surface area contributed by atoms with Crippen LogP contribution < -0.4 is 10.3 Å². The van der Waals surface area contributed by atoms with Crippen molar-refractivity contribution in [3.05, 3.63) is 88.5 Å². The maximum Gasteiger partial charge on any atom is 0.282 e. The molecule has 36 heavy (non-hydrogen) atoms. The monoisotopic (exact) mass is 485 g/mol. The lowest BCUT2D eigenvalue weighted by molar-refractivity contribution is 0.0535. The van der Waals surface area contributed by atoms with Gasteiger partial charge in [-0.2, -0.15) is 9.78 Å². The molecule has 3 aliphatic rings. The smallest absolute Gasteiger partial charge is 0.282 e. The van der Waals surface area contributed by atoms with Gasteiger partial charge in [-0.05, 0) is 43.3 Å². The zero-order valence-corrected chi connectivity index (χ0v) is 20.3. The molecule has 0 spiro atoms. The molecule has 0 aromatic heterocycles. The predicted molar refractivity (Wildman–Crippen MR) is 135 cm³/mol. The molecule has 1 saturated heterocycles. The Balaban J connectivity index is 1.38. The van der Waals surface area contributed by atoms with Crippen LogP contribution in [0.25, 0.3) is 16.9 Å². The largest absolute Gasteiger partial charge is 0.497 e. The second kappa shape index (κ2) is 9.69. The third-order valence-corrected chi connectivity index (χ3v) is 6.51. The lowest BCUT2D eigenvalue weighted by atomic mass is 10.1. The molecule has 0 N–H and O–H groups in total. The topological polar surface area (TPSA) is 89.7 Å². The van der Waals surface area contributed by atoms with Crippen LogP contribution in [0.4, 0.5) is 0 Å². The fourth-order valence-corrected chi connectivity index (χ4v) is 4.44. The van der Waals surface area contributed by atoms with Crippen molar-refractivity contribution in [3.8, 4) is 22.7 Å². The Hall–Kier alpha value is -4.40. The summed E-state index contributed by atoms with van der Waals surface area (Å²) in [6.07, 6.45) is 3.49. The number of nitrogens with zero attached hydrogens (tertiary/aromatic N) is 5. The van der Waals surface area contributed by atoms with Crippen molar-refractivity contribution in [3.63, 3.8) is 0 Å². The Kier molecular flexibility index (Phi) is 6.28. The molecule has 3 aliphatic heterocycles. The van der Waals surface area contributed by atoms with Gasteiger partial charge in [-0.1, -0.05) is 18.2 Å². The number of carbonyl (C=O) groups excluding carboxylic acids is 2. The number of hydrogen-bond acceptors (Lipinski definition) is 5. The number of para-hydroxylation sites is 1. The van der Waals surface area contributed by atoms with Gasteiger partial charge in [0, 0.05) is 50.7 Å². The van der Waals surface area contributed by atoms with Crippen LogP contribution in [0.2, 0.25) is 0 Å². The van der Waals surface area contributed by atoms with Gasteiger partial charge in [0.2, 0.25) is 0 Å². The van der Waals surface area contributed by atoms with Gasteiger partial charge in [-0.3, -0.25) is 14.4 Å². The van der Waals surface area contributed by atoms with Crippen molar-refractivity contribution in [1.82, 2.24) is 24.1 Å². The fourth-order valence-electron chi connectivity index (χ4n) is 4.44. The van der Waals surface area contributed by atoms with Crippen LogP contribution in [0.15, 0.2) is 71.8 Å². The maximum atomic E-state index is 13.6. The average Bonchev–Trinajstić information content (AvgIpc) is 3.28. The Morgan fingerprint density at radius 1 is 0.889 bits per heavy atom. The molecule has 1 fully saturated rings. The number of fused-ring (bicyclic) bond motifs is 1. The van der Waals surface area contributed by atoms with Crippen LogP contribution in [0.1, 0.15) is 27.6 Å². The number of rotatable bonds is 5. The van der Waals surface area contributed by atoms with Crippen LogP contribution in [0, 0.1) is 0 Å². The Morgan fingerprint density at radius 3 is 2.14 bits per heavy atom. The van der Waals surface area contributed by atoms with E-state index in [1.54, 1.807) is 53.6 Å². The molecule has 2 aromatic carbocycles. The number of benzene rings is 2. The van der Waals surface area contributed by atoms with Crippen LogP contribution in [-0.4, -0.2) is 69.3 Å². The third kappa shape index (κ3) is 4.24. The molecule has 9 heteroatoms. The Bertz CT molecular complexity index is 1420. The second-order valence-corrected chi connectivity index (χ2v) is 8.63. The van der Waals surface area contributed by atoms with Crippen LogP contribution in [0.5, 0.6) is 5.75 Å².